The van der Waals surface area contributed by atoms with Gasteiger partial charge in [0.15, 0.2) is 5.01 Å². The fourth-order valence-electron chi connectivity index (χ4n) is 1.22. The average molecular weight is 318 g/mol. The van der Waals surface area contributed by atoms with Crippen molar-refractivity contribution in [3.05, 3.63) is 20.4 Å². The Morgan fingerprint density at radius 3 is 2.81 bits per heavy atom. The van der Waals surface area contributed by atoms with Crippen molar-refractivity contribution in [1.82, 2.24) is 15.5 Å². The van der Waals surface area contributed by atoms with Crippen LogP contribution in [-0.2, 0) is 6.54 Å². The quantitative estimate of drug-likeness (QED) is 0.938. The summed E-state index contributed by atoms with van der Waals surface area (Å²) < 4.78 is 1.17. The van der Waals surface area contributed by atoms with E-state index in [-0.39, 0.29) is 0 Å². The van der Waals surface area contributed by atoms with Gasteiger partial charge in [-0.2, -0.15) is 0 Å². The molecular formula is C10H12BrN3S2. The fourth-order valence-corrected chi connectivity index (χ4v) is 3.61. The summed E-state index contributed by atoms with van der Waals surface area (Å²) in [5.74, 6) is 0. The number of aryl methyl sites for hydroxylation is 1. The number of hydrogen-bond acceptors (Lipinski definition) is 5. The Bertz CT molecular complexity index is 459. The van der Waals surface area contributed by atoms with Crippen LogP contribution in [0.5, 0.6) is 0 Å². The normalized spacial score (nSPS) is 10.9. The third kappa shape index (κ3) is 2.68. The molecule has 2 aromatic heterocycles. The maximum absolute atomic E-state index is 4.21. The van der Waals surface area contributed by atoms with Gasteiger partial charge in [-0.15, -0.1) is 21.5 Å². The first-order chi connectivity index (χ1) is 7.70. The van der Waals surface area contributed by atoms with Crippen LogP contribution < -0.4 is 5.32 Å². The van der Waals surface area contributed by atoms with Crippen LogP contribution in [0, 0.1) is 6.92 Å². The average Bonchev–Trinajstić information content (AvgIpc) is 2.84. The number of halogens is 1. The molecule has 0 saturated heterocycles. The molecule has 0 radical (unpaired) electrons. The molecule has 3 nitrogen and oxygen atoms in total. The molecular weight excluding hydrogens is 306 g/mol. The summed E-state index contributed by atoms with van der Waals surface area (Å²) in [6.45, 7) is 5.94. The molecule has 2 aromatic rings. The van der Waals surface area contributed by atoms with Crippen molar-refractivity contribution < 1.29 is 0 Å². The first kappa shape index (κ1) is 12.2. The maximum Gasteiger partial charge on any atom is 0.157 e. The summed E-state index contributed by atoms with van der Waals surface area (Å²) >= 11 is 6.89. The van der Waals surface area contributed by atoms with Crippen LogP contribution >= 0.6 is 38.6 Å². The molecule has 0 saturated carbocycles. The van der Waals surface area contributed by atoms with Gasteiger partial charge < -0.3 is 5.32 Å². The van der Waals surface area contributed by atoms with E-state index in [9.17, 15) is 0 Å². The van der Waals surface area contributed by atoms with E-state index in [4.69, 9.17) is 0 Å². The van der Waals surface area contributed by atoms with Gasteiger partial charge in [-0.3, -0.25) is 0 Å². The second-order valence-electron chi connectivity index (χ2n) is 3.35. The Labute approximate surface area is 111 Å². The zero-order valence-electron chi connectivity index (χ0n) is 9.08. The van der Waals surface area contributed by atoms with Crippen molar-refractivity contribution >= 4 is 38.6 Å². The third-order valence-electron chi connectivity index (χ3n) is 2.06. The van der Waals surface area contributed by atoms with E-state index in [2.05, 4.69) is 51.4 Å². The highest BCUT2D eigenvalue weighted by molar-refractivity contribution is 9.11. The standard InChI is InChI=1S/C10H12BrN3S2/c1-3-12-5-8-13-14-10(16-8)7-4-6(2)9(11)15-7/h4,12H,3,5H2,1-2H3. The third-order valence-corrected chi connectivity index (χ3v) is 5.29. The number of nitrogens with zero attached hydrogens (tertiary/aromatic N) is 2. The second kappa shape index (κ2) is 5.35. The summed E-state index contributed by atoms with van der Waals surface area (Å²) in [4.78, 5) is 1.18. The first-order valence-corrected chi connectivity index (χ1v) is 7.42. The van der Waals surface area contributed by atoms with E-state index in [0.29, 0.717) is 0 Å². The predicted molar refractivity (Wildman–Crippen MR) is 73.0 cm³/mol. The largest absolute Gasteiger partial charge is 0.311 e. The molecule has 0 spiro atoms. The van der Waals surface area contributed by atoms with Gasteiger partial charge >= 0.3 is 0 Å². The van der Waals surface area contributed by atoms with Crippen LogP contribution in [0.1, 0.15) is 17.5 Å². The van der Waals surface area contributed by atoms with Gasteiger partial charge in [0.25, 0.3) is 0 Å². The van der Waals surface area contributed by atoms with Crippen LogP contribution in [0.25, 0.3) is 9.88 Å². The zero-order chi connectivity index (χ0) is 11.5. The highest BCUT2D eigenvalue weighted by Gasteiger charge is 2.10. The van der Waals surface area contributed by atoms with E-state index in [1.807, 2.05) is 0 Å². The summed E-state index contributed by atoms with van der Waals surface area (Å²) in [6, 6.07) is 2.15. The molecule has 1 N–H and O–H groups in total. The Morgan fingerprint density at radius 1 is 1.38 bits per heavy atom. The number of aromatic nitrogens is 2. The highest BCUT2D eigenvalue weighted by Crippen LogP contribution is 2.35. The topological polar surface area (TPSA) is 37.8 Å². The number of hydrogen-bond donors (Lipinski definition) is 1. The van der Waals surface area contributed by atoms with E-state index in [1.165, 1.54) is 14.2 Å². The van der Waals surface area contributed by atoms with E-state index >= 15 is 0 Å². The smallest absolute Gasteiger partial charge is 0.157 e. The van der Waals surface area contributed by atoms with Gasteiger partial charge in [-0.1, -0.05) is 18.3 Å². The molecule has 0 atom stereocenters. The Balaban J connectivity index is 2.18. The van der Waals surface area contributed by atoms with Gasteiger partial charge in [0, 0.05) is 6.54 Å². The minimum atomic E-state index is 0.805. The molecule has 2 rings (SSSR count). The number of thiophene rings is 1. The molecule has 0 unspecified atom stereocenters. The molecule has 6 heteroatoms. The molecule has 0 aliphatic rings. The number of nitrogens with one attached hydrogen (secondary N) is 1. The lowest BCUT2D eigenvalue weighted by Crippen LogP contribution is -2.11. The van der Waals surface area contributed by atoms with Gasteiger partial charge in [0.2, 0.25) is 0 Å². The zero-order valence-corrected chi connectivity index (χ0v) is 12.3. The molecule has 0 fully saturated rings. The summed E-state index contributed by atoms with van der Waals surface area (Å²) in [5, 5.41) is 13.7. The lowest BCUT2D eigenvalue weighted by molar-refractivity contribution is 0.715. The van der Waals surface area contributed by atoms with Crippen molar-refractivity contribution in [3.63, 3.8) is 0 Å². The van der Waals surface area contributed by atoms with Crippen molar-refractivity contribution in [2.24, 2.45) is 0 Å². The second-order valence-corrected chi connectivity index (χ2v) is 6.78. The minimum absolute atomic E-state index is 0.805. The molecule has 0 aliphatic carbocycles. The first-order valence-electron chi connectivity index (χ1n) is 5.00. The molecule has 0 aromatic carbocycles. The monoisotopic (exact) mass is 317 g/mol. The van der Waals surface area contributed by atoms with Crippen molar-refractivity contribution in [3.8, 4) is 9.88 Å². The Kier molecular flexibility index (Phi) is 4.07. The van der Waals surface area contributed by atoms with Gasteiger partial charge in [-0.05, 0) is 41.0 Å². The van der Waals surface area contributed by atoms with Crippen LogP contribution in [0.4, 0.5) is 0 Å². The summed E-state index contributed by atoms with van der Waals surface area (Å²) in [5.41, 5.74) is 1.25. The van der Waals surface area contributed by atoms with Gasteiger partial charge in [0.05, 0.1) is 8.66 Å². The maximum atomic E-state index is 4.21. The van der Waals surface area contributed by atoms with Crippen molar-refractivity contribution in [1.29, 1.82) is 0 Å². The molecule has 86 valence electrons. The van der Waals surface area contributed by atoms with Crippen LogP contribution in [0.2, 0.25) is 0 Å². The molecule has 0 aliphatic heterocycles. The number of rotatable bonds is 4. The summed E-state index contributed by atoms with van der Waals surface area (Å²) in [7, 11) is 0. The minimum Gasteiger partial charge on any atom is -0.311 e. The van der Waals surface area contributed by atoms with E-state index in [0.717, 1.165) is 23.1 Å². The van der Waals surface area contributed by atoms with E-state index in [1.54, 1.807) is 22.7 Å². The van der Waals surface area contributed by atoms with Gasteiger partial charge in [0.1, 0.15) is 5.01 Å². The van der Waals surface area contributed by atoms with Crippen molar-refractivity contribution in [2.75, 3.05) is 6.54 Å². The predicted octanol–water partition coefficient (Wildman–Crippen LogP) is 3.45. The van der Waals surface area contributed by atoms with Crippen LogP contribution in [-0.4, -0.2) is 16.7 Å². The lowest BCUT2D eigenvalue weighted by atomic mass is 10.3. The molecule has 0 bridgehead atoms. The fraction of sp³-hybridized carbons (Fsp3) is 0.400. The SMILES string of the molecule is CCNCc1nnc(-c2cc(C)c(Br)s2)s1. The molecule has 0 amide bonds. The van der Waals surface area contributed by atoms with Gasteiger partial charge in [-0.25, -0.2) is 0 Å². The Hall–Kier alpha value is -0.300. The summed E-state index contributed by atoms with van der Waals surface area (Å²) in [6.07, 6.45) is 0. The molecule has 16 heavy (non-hydrogen) atoms. The lowest BCUT2D eigenvalue weighted by Gasteiger charge is -1.93. The van der Waals surface area contributed by atoms with Crippen LogP contribution in [0.3, 0.4) is 0 Å². The highest BCUT2D eigenvalue weighted by atomic mass is 79.9. The Morgan fingerprint density at radius 2 is 2.19 bits per heavy atom. The van der Waals surface area contributed by atoms with E-state index < -0.39 is 0 Å². The van der Waals surface area contributed by atoms with Crippen molar-refractivity contribution in [2.45, 2.75) is 20.4 Å². The molecule has 2 heterocycles. The van der Waals surface area contributed by atoms with Crippen LogP contribution in [0.15, 0.2) is 9.85 Å².